The fraction of sp³-hybridized carbons (Fsp3) is 0.765. The van der Waals surface area contributed by atoms with Gasteiger partial charge in [-0.2, -0.15) is 0 Å². The molecule has 0 N–H and O–H groups in total. The highest BCUT2D eigenvalue weighted by Crippen LogP contribution is 2.24. The van der Waals surface area contributed by atoms with Crippen molar-refractivity contribution in [3.8, 4) is 0 Å². The van der Waals surface area contributed by atoms with Crippen LogP contribution in [0.2, 0.25) is 0 Å². The first kappa shape index (κ1) is 15.8. The summed E-state index contributed by atoms with van der Waals surface area (Å²) >= 11 is 0. The van der Waals surface area contributed by atoms with Crippen LogP contribution in [0.4, 0.5) is 0 Å². The van der Waals surface area contributed by atoms with Crippen LogP contribution in [0, 0.1) is 0 Å². The molecular formula is C17H27N3O2. The van der Waals surface area contributed by atoms with Gasteiger partial charge in [0.05, 0.1) is 30.6 Å². The van der Waals surface area contributed by atoms with Gasteiger partial charge >= 0.3 is 0 Å². The Labute approximate surface area is 133 Å². The summed E-state index contributed by atoms with van der Waals surface area (Å²) in [5.74, 6) is 0. The summed E-state index contributed by atoms with van der Waals surface area (Å²) in [7, 11) is 0. The van der Waals surface area contributed by atoms with Crippen LogP contribution in [0.15, 0.2) is 18.6 Å². The summed E-state index contributed by atoms with van der Waals surface area (Å²) < 4.78 is 11.8. The Bertz CT molecular complexity index is 429. The molecule has 0 unspecified atom stereocenters. The second kappa shape index (κ2) is 7.99. The normalized spacial score (nSPS) is 26.0. The molecule has 2 fully saturated rings. The van der Waals surface area contributed by atoms with Gasteiger partial charge in [0, 0.05) is 38.3 Å². The molecule has 2 aliphatic rings. The standard InChI is InChI=1S/C17H27N3O2/c1-14(17-12-18-7-8-19-17)20-9-5-15(6-10-20)22-13-16-4-2-3-11-21-16/h7-8,12,14-16H,2-6,9-11,13H2,1H3/t14-,16+/m0/s1. The fourth-order valence-electron chi connectivity index (χ4n) is 3.33. The Morgan fingerprint density at radius 3 is 2.82 bits per heavy atom. The molecule has 22 heavy (non-hydrogen) atoms. The van der Waals surface area contributed by atoms with Crippen LogP contribution < -0.4 is 0 Å². The Kier molecular flexibility index (Phi) is 5.76. The minimum Gasteiger partial charge on any atom is -0.376 e. The van der Waals surface area contributed by atoms with E-state index in [1.165, 1.54) is 12.8 Å². The molecule has 1 aromatic rings. The predicted molar refractivity (Wildman–Crippen MR) is 84.6 cm³/mol. The van der Waals surface area contributed by atoms with E-state index in [0.29, 0.717) is 18.2 Å². The predicted octanol–water partition coefficient (Wildman–Crippen LogP) is 2.59. The molecule has 3 rings (SSSR count). The van der Waals surface area contributed by atoms with Crippen LogP contribution in [0.3, 0.4) is 0 Å². The van der Waals surface area contributed by atoms with Crippen LogP contribution in [0.5, 0.6) is 0 Å². The average molecular weight is 305 g/mol. The monoisotopic (exact) mass is 305 g/mol. The van der Waals surface area contributed by atoms with Gasteiger partial charge < -0.3 is 9.47 Å². The number of nitrogens with zero attached hydrogens (tertiary/aromatic N) is 3. The van der Waals surface area contributed by atoms with Gasteiger partial charge in [-0.15, -0.1) is 0 Å². The lowest BCUT2D eigenvalue weighted by Gasteiger charge is -2.36. The van der Waals surface area contributed by atoms with E-state index in [-0.39, 0.29) is 0 Å². The van der Waals surface area contributed by atoms with Crippen LogP contribution in [0.25, 0.3) is 0 Å². The number of rotatable bonds is 5. The maximum Gasteiger partial charge on any atom is 0.0808 e. The minimum atomic E-state index is 0.324. The lowest BCUT2D eigenvalue weighted by atomic mass is 10.0. The van der Waals surface area contributed by atoms with Crippen molar-refractivity contribution in [1.82, 2.24) is 14.9 Å². The molecule has 3 heterocycles. The summed E-state index contributed by atoms with van der Waals surface area (Å²) in [5, 5.41) is 0. The summed E-state index contributed by atoms with van der Waals surface area (Å²) in [6.45, 7) is 6.01. The van der Waals surface area contributed by atoms with Crippen molar-refractivity contribution in [2.45, 2.75) is 57.3 Å². The molecule has 5 nitrogen and oxygen atoms in total. The van der Waals surface area contributed by atoms with Gasteiger partial charge in [0.15, 0.2) is 0 Å². The smallest absolute Gasteiger partial charge is 0.0808 e. The maximum atomic E-state index is 6.08. The zero-order valence-corrected chi connectivity index (χ0v) is 13.5. The van der Waals surface area contributed by atoms with Crippen molar-refractivity contribution in [3.05, 3.63) is 24.3 Å². The minimum absolute atomic E-state index is 0.324. The Morgan fingerprint density at radius 2 is 2.14 bits per heavy atom. The quantitative estimate of drug-likeness (QED) is 0.837. The highest BCUT2D eigenvalue weighted by atomic mass is 16.5. The second-order valence-corrected chi connectivity index (χ2v) is 6.36. The van der Waals surface area contributed by atoms with Crippen LogP contribution in [-0.4, -0.2) is 53.4 Å². The van der Waals surface area contributed by atoms with Crippen molar-refractivity contribution in [1.29, 1.82) is 0 Å². The molecule has 0 amide bonds. The van der Waals surface area contributed by atoms with Gasteiger partial charge in [0.2, 0.25) is 0 Å². The summed E-state index contributed by atoms with van der Waals surface area (Å²) in [5.41, 5.74) is 1.05. The first-order chi connectivity index (χ1) is 10.8. The molecule has 0 saturated carbocycles. The lowest BCUT2D eigenvalue weighted by molar-refractivity contribution is -0.0769. The van der Waals surface area contributed by atoms with E-state index in [4.69, 9.17) is 9.47 Å². The molecule has 0 radical (unpaired) electrons. The van der Waals surface area contributed by atoms with Gasteiger partial charge in [0.25, 0.3) is 0 Å². The third kappa shape index (κ3) is 4.24. The van der Waals surface area contributed by atoms with Crippen molar-refractivity contribution >= 4 is 0 Å². The molecule has 0 spiro atoms. The zero-order chi connectivity index (χ0) is 15.2. The van der Waals surface area contributed by atoms with Gasteiger partial charge in [-0.1, -0.05) is 0 Å². The van der Waals surface area contributed by atoms with E-state index in [1.807, 2.05) is 6.20 Å². The fourth-order valence-corrected chi connectivity index (χ4v) is 3.33. The Balaban J connectivity index is 1.40. The number of likely N-dealkylation sites (tertiary alicyclic amines) is 1. The molecule has 0 aliphatic carbocycles. The molecule has 2 aliphatic heterocycles. The highest BCUT2D eigenvalue weighted by Gasteiger charge is 2.25. The maximum absolute atomic E-state index is 6.08. The molecule has 0 aromatic carbocycles. The van der Waals surface area contributed by atoms with Crippen molar-refractivity contribution in [3.63, 3.8) is 0 Å². The lowest BCUT2D eigenvalue weighted by Crippen LogP contribution is -2.39. The summed E-state index contributed by atoms with van der Waals surface area (Å²) in [6, 6.07) is 0.330. The number of hydrogen-bond donors (Lipinski definition) is 0. The Hall–Kier alpha value is -1.04. The molecule has 122 valence electrons. The molecule has 5 heteroatoms. The molecule has 1 aromatic heterocycles. The highest BCUT2D eigenvalue weighted by molar-refractivity contribution is 5.01. The first-order valence-corrected chi connectivity index (χ1v) is 8.56. The number of aromatic nitrogens is 2. The zero-order valence-electron chi connectivity index (χ0n) is 13.5. The largest absolute Gasteiger partial charge is 0.376 e. The third-order valence-corrected chi connectivity index (χ3v) is 4.83. The van der Waals surface area contributed by atoms with Crippen LogP contribution >= 0.6 is 0 Å². The van der Waals surface area contributed by atoms with Crippen LogP contribution in [0.1, 0.15) is 50.8 Å². The van der Waals surface area contributed by atoms with E-state index in [1.54, 1.807) is 12.4 Å². The van der Waals surface area contributed by atoms with Gasteiger partial charge in [-0.3, -0.25) is 14.9 Å². The van der Waals surface area contributed by atoms with Crippen molar-refractivity contribution in [2.75, 3.05) is 26.3 Å². The number of hydrogen-bond acceptors (Lipinski definition) is 5. The van der Waals surface area contributed by atoms with Gasteiger partial charge in [0.1, 0.15) is 0 Å². The van der Waals surface area contributed by atoms with Gasteiger partial charge in [-0.05, 0) is 39.0 Å². The topological polar surface area (TPSA) is 47.5 Å². The van der Waals surface area contributed by atoms with E-state index in [9.17, 15) is 0 Å². The summed E-state index contributed by atoms with van der Waals surface area (Å²) in [4.78, 5) is 11.1. The number of piperidine rings is 1. The number of ether oxygens (including phenoxy) is 2. The third-order valence-electron chi connectivity index (χ3n) is 4.83. The van der Waals surface area contributed by atoms with E-state index in [0.717, 1.165) is 51.3 Å². The first-order valence-electron chi connectivity index (χ1n) is 8.56. The van der Waals surface area contributed by atoms with Crippen molar-refractivity contribution in [2.24, 2.45) is 0 Å². The average Bonchev–Trinajstić information content (AvgIpc) is 2.61. The molecule has 0 bridgehead atoms. The van der Waals surface area contributed by atoms with E-state index >= 15 is 0 Å². The molecule has 2 saturated heterocycles. The molecular weight excluding hydrogens is 278 g/mol. The van der Waals surface area contributed by atoms with Crippen LogP contribution in [-0.2, 0) is 9.47 Å². The van der Waals surface area contributed by atoms with Crippen molar-refractivity contribution < 1.29 is 9.47 Å². The SMILES string of the molecule is C[C@@H](c1cnccn1)N1CCC(OC[C@H]2CCCCO2)CC1. The molecule has 2 atom stereocenters. The Morgan fingerprint density at radius 1 is 1.27 bits per heavy atom. The van der Waals surface area contributed by atoms with E-state index < -0.39 is 0 Å². The second-order valence-electron chi connectivity index (χ2n) is 6.36. The van der Waals surface area contributed by atoms with E-state index in [2.05, 4.69) is 21.8 Å². The summed E-state index contributed by atoms with van der Waals surface area (Å²) in [6.07, 6.45) is 11.9. The van der Waals surface area contributed by atoms with Gasteiger partial charge in [-0.25, -0.2) is 0 Å².